The van der Waals surface area contributed by atoms with Gasteiger partial charge >= 0.3 is 0 Å². The van der Waals surface area contributed by atoms with Gasteiger partial charge in [0.1, 0.15) is 0 Å². The molecule has 1 amide bonds. The van der Waals surface area contributed by atoms with Crippen molar-refractivity contribution in [3.8, 4) is 5.75 Å². The fraction of sp³-hybridized carbons (Fsp3) is 0.500. The summed E-state index contributed by atoms with van der Waals surface area (Å²) in [6.07, 6.45) is 5.63. The van der Waals surface area contributed by atoms with E-state index in [0.717, 1.165) is 50.5 Å². The number of amides is 1. The van der Waals surface area contributed by atoms with Crippen LogP contribution in [0.5, 0.6) is 5.75 Å². The van der Waals surface area contributed by atoms with E-state index in [-0.39, 0.29) is 5.75 Å². The summed E-state index contributed by atoms with van der Waals surface area (Å²) in [5.41, 5.74) is 6.53. The Morgan fingerprint density at radius 3 is 2.81 bits per heavy atom. The molecule has 2 aliphatic heterocycles. The fourth-order valence-electron chi connectivity index (χ4n) is 3.22. The standard InChI is InChI=1S/C20H26FN3O3/c21-17-11-15(12-23-8-5-14-6-9-26-10-7-14)1-3-18(17)27-19-4-2-16(13-24-19)20(22)25/h1,3,11,13-14,23H,2,4-10,12H2,(H2,22,25). The van der Waals surface area contributed by atoms with Gasteiger partial charge in [-0.25, -0.2) is 9.38 Å². The van der Waals surface area contributed by atoms with E-state index in [1.54, 1.807) is 6.07 Å². The maximum absolute atomic E-state index is 14.3. The molecule has 1 fully saturated rings. The highest BCUT2D eigenvalue weighted by atomic mass is 19.1. The van der Waals surface area contributed by atoms with Crippen LogP contribution < -0.4 is 15.8 Å². The molecule has 1 aromatic rings. The van der Waals surface area contributed by atoms with Crippen LogP contribution in [0.2, 0.25) is 0 Å². The van der Waals surface area contributed by atoms with Crippen LogP contribution in [-0.2, 0) is 16.1 Å². The van der Waals surface area contributed by atoms with Gasteiger partial charge in [0.25, 0.3) is 0 Å². The van der Waals surface area contributed by atoms with Crippen molar-refractivity contribution in [2.75, 3.05) is 19.8 Å². The molecular formula is C20H26FN3O3. The first kappa shape index (κ1) is 19.5. The van der Waals surface area contributed by atoms with Crippen molar-refractivity contribution in [1.82, 2.24) is 5.32 Å². The molecule has 0 spiro atoms. The minimum atomic E-state index is -0.488. The summed E-state index contributed by atoms with van der Waals surface area (Å²) in [5, 5.41) is 3.37. The predicted molar refractivity (Wildman–Crippen MR) is 101 cm³/mol. The van der Waals surface area contributed by atoms with Gasteiger partial charge in [0.15, 0.2) is 17.5 Å². The number of benzene rings is 1. The third-order valence-electron chi connectivity index (χ3n) is 4.91. The summed E-state index contributed by atoms with van der Waals surface area (Å²) in [4.78, 5) is 15.1. The lowest BCUT2D eigenvalue weighted by Crippen LogP contribution is -2.22. The lowest BCUT2D eigenvalue weighted by atomic mass is 9.97. The smallest absolute Gasteiger partial charge is 0.246 e. The second kappa shape index (κ2) is 9.62. The van der Waals surface area contributed by atoms with Gasteiger partial charge in [-0.3, -0.25) is 4.79 Å². The minimum Gasteiger partial charge on any atom is -0.440 e. The highest BCUT2D eigenvalue weighted by Crippen LogP contribution is 2.22. The van der Waals surface area contributed by atoms with Crippen LogP contribution in [0.4, 0.5) is 4.39 Å². The molecule has 0 radical (unpaired) electrons. The molecule has 3 rings (SSSR count). The maximum Gasteiger partial charge on any atom is 0.246 e. The Labute approximate surface area is 158 Å². The summed E-state index contributed by atoms with van der Waals surface area (Å²) in [7, 11) is 0. The Balaban J connectivity index is 1.46. The molecule has 0 unspecified atom stereocenters. The molecule has 2 aliphatic rings. The number of aliphatic imine (C=N–C) groups is 1. The van der Waals surface area contributed by atoms with Crippen molar-refractivity contribution in [2.45, 2.75) is 38.6 Å². The van der Waals surface area contributed by atoms with Crippen molar-refractivity contribution in [2.24, 2.45) is 16.6 Å². The number of carbonyl (C=O) groups excluding carboxylic acids is 1. The number of hydrogen-bond donors (Lipinski definition) is 2. The van der Waals surface area contributed by atoms with Crippen LogP contribution in [0.1, 0.15) is 37.7 Å². The molecule has 0 aromatic heterocycles. The molecule has 0 atom stereocenters. The van der Waals surface area contributed by atoms with Crippen LogP contribution in [0.25, 0.3) is 0 Å². The Morgan fingerprint density at radius 2 is 2.15 bits per heavy atom. The highest BCUT2D eigenvalue weighted by molar-refractivity contribution is 5.94. The van der Waals surface area contributed by atoms with E-state index >= 15 is 0 Å². The first-order chi connectivity index (χ1) is 13.1. The van der Waals surface area contributed by atoms with Crippen molar-refractivity contribution < 1.29 is 18.7 Å². The summed E-state index contributed by atoms with van der Waals surface area (Å²) < 4.78 is 25.2. The number of nitrogens with one attached hydrogen (secondary N) is 1. The Hall–Kier alpha value is -2.25. The quantitative estimate of drug-likeness (QED) is 0.718. The number of carbonyl (C=O) groups is 1. The van der Waals surface area contributed by atoms with Crippen LogP contribution in [-0.4, -0.2) is 31.6 Å². The fourth-order valence-corrected chi connectivity index (χ4v) is 3.22. The Kier molecular flexibility index (Phi) is 6.95. The monoisotopic (exact) mass is 375 g/mol. The third kappa shape index (κ3) is 5.87. The molecule has 0 bridgehead atoms. The molecule has 27 heavy (non-hydrogen) atoms. The molecule has 3 N–H and O–H groups in total. The Morgan fingerprint density at radius 1 is 1.33 bits per heavy atom. The first-order valence-corrected chi connectivity index (χ1v) is 9.42. The summed E-state index contributed by atoms with van der Waals surface area (Å²) >= 11 is 0. The number of nitrogens with zero attached hydrogens (tertiary/aromatic N) is 1. The molecule has 6 nitrogen and oxygen atoms in total. The molecule has 2 heterocycles. The topological polar surface area (TPSA) is 85.9 Å². The largest absolute Gasteiger partial charge is 0.440 e. The molecular weight excluding hydrogens is 349 g/mol. The van der Waals surface area contributed by atoms with Gasteiger partial charge in [-0.05, 0) is 55.8 Å². The van der Waals surface area contributed by atoms with Gasteiger partial charge in [-0.2, -0.15) is 0 Å². The second-order valence-electron chi connectivity index (χ2n) is 6.93. The van der Waals surface area contributed by atoms with Gasteiger partial charge in [0, 0.05) is 38.0 Å². The van der Waals surface area contributed by atoms with E-state index in [2.05, 4.69) is 10.3 Å². The zero-order valence-electron chi connectivity index (χ0n) is 15.4. The average Bonchev–Trinajstić information content (AvgIpc) is 2.68. The maximum atomic E-state index is 14.3. The predicted octanol–water partition coefficient (Wildman–Crippen LogP) is 2.67. The number of ether oxygens (including phenoxy) is 2. The highest BCUT2D eigenvalue weighted by Gasteiger charge is 2.16. The zero-order chi connectivity index (χ0) is 19.1. The average molecular weight is 375 g/mol. The molecule has 1 saturated heterocycles. The van der Waals surface area contributed by atoms with Gasteiger partial charge in [-0.15, -0.1) is 0 Å². The number of halogens is 1. The van der Waals surface area contributed by atoms with Crippen LogP contribution in [0, 0.1) is 11.7 Å². The molecule has 146 valence electrons. The van der Waals surface area contributed by atoms with Crippen LogP contribution in [0.15, 0.2) is 35.0 Å². The van der Waals surface area contributed by atoms with Crippen molar-refractivity contribution in [1.29, 1.82) is 0 Å². The van der Waals surface area contributed by atoms with E-state index in [1.807, 2.05) is 6.07 Å². The second-order valence-corrected chi connectivity index (χ2v) is 6.93. The van der Waals surface area contributed by atoms with E-state index < -0.39 is 11.7 Å². The van der Waals surface area contributed by atoms with Gasteiger partial charge < -0.3 is 20.5 Å². The Bertz CT molecular complexity index is 727. The minimum absolute atomic E-state index is 0.135. The lowest BCUT2D eigenvalue weighted by molar-refractivity contribution is -0.114. The van der Waals surface area contributed by atoms with Gasteiger partial charge in [-0.1, -0.05) is 6.07 Å². The molecule has 0 aliphatic carbocycles. The lowest BCUT2D eigenvalue weighted by Gasteiger charge is -2.21. The third-order valence-corrected chi connectivity index (χ3v) is 4.91. The number of rotatable bonds is 7. The van der Waals surface area contributed by atoms with Crippen LogP contribution in [0.3, 0.4) is 0 Å². The normalized spacial score (nSPS) is 18.0. The van der Waals surface area contributed by atoms with Crippen molar-refractivity contribution in [3.63, 3.8) is 0 Å². The summed E-state index contributed by atoms with van der Waals surface area (Å²) in [6.45, 7) is 3.26. The van der Waals surface area contributed by atoms with E-state index in [9.17, 15) is 9.18 Å². The first-order valence-electron chi connectivity index (χ1n) is 9.42. The molecule has 1 aromatic carbocycles. The number of nitrogens with two attached hydrogens (primary N) is 1. The van der Waals surface area contributed by atoms with E-state index in [4.69, 9.17) is 15.2 Å². The molecule has 7 heteroatoms. The molecule has 0 saturated carbocycles. The van der Waals surface area contributed by atoms with Gasteiger partial charge in [0.05, 0.1) is 0 Å². The summed E-state index contributed by atoms with van der Waals surface area (Å²) in [5.74, 6) is 0.319. The zero-order valence-corrected chi connectivity index (χ0v) is 15.4. The van der Waals surface area contributed by atoms with E-state index in [0.29, 0.717) is 30.9 Å². The number of primary amides is 1. The van der Waals surface area contributed by atoms with Gasteiger partial charge in [0.2, 0.25) is 5.91 Å². The number of hydrogen-bond acceptors (Lipinski definition) is 5. The summed E-state index contributed by atoms with van der Waals surface area (Å²) in [6, 6.07) is 4.93. The van der Waals surface area contributed by atoms with E-state index in [1.165, 1.54) is 12.3 Å². The van der Waals surface area contributed by atoms with Crippen LogP contribution >= 0.6 is 0 Å². The SMILES string of the molecule is NC(=O)C1=CN=C(Oc2ccc(CNCCC3CCOCC3)cc2F)CC1. The van der Waals surface area contributed by atoms with Crippen molar-refractivity contribution in [3.05, 3.63) is 41.4 Å². The van der Waals surface area contributed by atoms with Crippen molar-refractivity contribution >= 4 is 11.8 Å².